The van der Waals surface area contributed by atoms with Gasteiger partial charge in [0.15, 0.2) is 0 Å². The van der Waals surface area contributed by atoms with Crippen molar-refractivity contribution in [2.24, 2.45) is 0 Å². The van der Waals surface area contributed by atoms with Crippen LogP contribution in [0, 0.1) is 18.6 Å². The second-order valence-electron chi connectivity index (χ2n) is 5.98. The SMILES string of the molecule is Cc1ccc(-c2ccc(OCCNC(=O)Nc3ccc(F)cc3F)nn2)cc1. The molecule has 0 saturated carbocycles. The number of rotatable bonds is 6. The van der Waals surface area contributed by atoms with Gasteiger partial charge in [-0.3, -0.25) is 0 Å². The molecule has 0 aliphatic rings. The first-order valence-corrected chi connectivity index (χ1v) is 8.55. The molecule has 1 aromatic heterocycles. The molecule has 0 fully saturated rings. The van der Waals surface area contributed by atoms with E-state index in [4.69, 9.17) is 4.74 Å². The summed E-state index contributed by atoms with van der Waals surface area (Å²) in [5.74, 6) is -1.25. The molecule has 2 N–H and O–H groups in total. The first-order valence-electron chi connectivity index (χ1n) is 8.55. The van der Waals surface area contributed by atoms with Crippen molar-refractivity contribution >= 4 is 11.7 Å². The summed E-state index contributed by atoms with van der Waals surface area (Å²) in [6.07, 6.45) is 0. The molecule has 6 nitrogen and oxygen atoms in total. The Kier molecular flexibility index (Phi) is 6.11. The maximum atomic E-state index is 13.5. The van der Waals surface area contributed by atoms with Gasteiger partial charge in [-0.05, 0) is 25.1 Å². The number of urea groups is 1. The fourth-order valence-corrected chi connectivity index (χ4v) is 2.35. The van der Waals surface area contributed by atoms with Gasteiger partial charge in [0.05, 0.1) is 17.9 Å². The third-order valence-electron chi connectivity index (χ3n) is 3.80. The van der Waals surface area contributed by atoms with Crippen LogP contribution in [-0.2, 0) is 0 Å². The van der Waals surface area contributed by atoms with Gasteiger partial charge >= 0.3 is 6.03 Å². The third-order valence-corrected chi connectivity index (χ3v) is 3.80. The quantitative estimate of drug-likeness (QED) is 0.632. The van der Waals surface area contributed by atoms with E-state index in [1.165, 1.54) is 0 Å². The lowest BCUT2D eigenvalue weighted by molar-refractivity contribution is 0.246. The van der Waals surface area contributed by atoms with Crippen molar-refractivity contribution in [1.29, 1.82) is 0 Å². The number of hydrogen-bond acceptors (Lipinski definition) is 4. The zero-order chi connectivity index (χ0) is 19.9. The molecule has 0 aliphatic heterocycles. The Hall–Kier alpha value is -3.55. The van der Waals surface area contributed by atoms with Crippen LogP contribution in [0.25, 0.3) is 11.3 Å². The molecule has 1 heterocycles. The molecule has 8 heteroatoms. The van der Waals surface area contributed by atoms with E-state index in [9.17, 15) is 13.6 Å². The Balaban J connectivity index is 1.43. The molecule has 0 bridgehead atoms. The number of aryl methyl sites for hydroxylation is 1. The second-order valence-corrected chi connectivity index (χ2v) is 5.98. The van der Waals surface area contributed by atoms with Crippen LogP contribution in [-0.4, -0.2) is 29.4 Å². The molecule has 3 rings (SSSR count). The number of carbonyl (C=O) groups is 1. The number of nitrogens with zero attached hydrogens (tertiary/aromatic N) is 2. The topological polar surface area (TPSA) is 76.1 Å². The number of aromatic nitrogens is 2. The number of ether oxygens (including phenoxy) is 1. The van der Waals surface area contributed by atoms with E-state index in [0.717, 1.165) is 29.0 Å². The van der Waals surface area contributed by atoms with E-state index in [-0.39, 0.29) is 18.8 Å². The molecule has 3 aromatic rings. The highest BCUT2D eigenvalue weighted by molar-refractivity contribution is 5.89. The lowest BCUT2D eigenvalue weighted by Crippen LogP contribution is -2.32. The summed E-state index contributed by atoms with van der Waals surface area (Å²) in [7, 11) is 0. The molecule has 0 spiro atoms. The highest BCUT2D eigenvalue weighted by atomic mass is 19.1. The van der Waals surface area contributed by atoms with E-state index < -0.39 is 17.7 Å². The Bertz CT molecular complexity index is 947. The normalized spacial score (nSPS) is 10.4. The molecule has 144 valence electrons. The molecule has 0 unspecified atom stereocenters. The predicted molar refractivity (Wildman–Crippen MR) is 101 cm³/mol. The van der Waals surface area contributed by atoms with Gasteiger partial charge in [0.25, 0.3) is 0 Å². The molecule has 0 saturated heterocycles. The van der Waals surface area contributed by atoms with Crippen molar-refractivity contribution < 1.29 is 18.3 Å². The van der Waals surface area contributed by atoms with Crippen LogP contribution >= 0.6 is 0 Å². The lowest BCUT2D eigenvalue weighted by Gasteiger charge is -2.09. The van der Waals surface area contributed by atoms with E-state index in [0.29, 0.717) is 11.9 Å². The minimum absolute atomic E-state index is 0.114. The van der Waals surface area contributed by atoms with Crippen LogP contribution in [0.4, 0.5) is 19.3 Å². The Labute approximate surface area is 160 Å². The average Bonchev–Trinajstić information content (AvgIpc) is 2.69. The Morgan fingerprint density at radius 3 is 2.50 bits per heavy atom. The van der Waals surface area contributed by atoms with E-state index in [1.54, 1.807) is 12.1 Å². The molecule has 28 heavy (non-hydrogen) atoms. The highest BCUT2D eigenvalue weighted by Gasteiger charge is 2.07. The maximum absolute atomic E-state index is 13.5. The Morgan fingerprint density at radius 1 is 1.04 bits per heavy atom. The van der Waals surface area contributed by atoms with Gasteiger partial charge in [-0.15, -0.1) is 10.2 Å². The summed E-state index contributed by atoms with van der Waals surface area (Å²) in [6.45, 7) is 2.32. The zero-order valence-corrected chi connectivity index (χ0v) is 15.1. The Morgan fingerprint density at radius 2 is 1.82 bits per heavy atom. The smallest absolute Gasteiger partial charge is 0.319 e. The van der Waals surface area contributed by atoms with Gasteiger partial charge in [0.1, 0.15) is 18.2 Å². The van der Waals surface area contributed by atoms with Crippen molar-refractivity contribution in [3.8, 4) is 17.1 Å². The number of amides is 2. The van der Waals surface area contributed by atoms with Crippen LogP contribution in [0.3, 0.4) is 0 Å². The summed E-state index contributed by atoms with van der Waals surface area (Å²) in [6, 6.07) is 13.7. The fourth-order valence-electron chi connectivity index (χ4n) is 2.35. The second kappa shape index (κ2) is 8.90. The van der Waals surface area contributed by atoms with Gasteiger partial charge in [0.2, 0.25) is 5.88 Å². The minimum atomic E-state index is -0.852. The molecular formula is C20H18F2N4O2. The highest BCUT2D eigenvalue weighted by Crippen LogP contribution is 2.18. The summed E-state index contributed by atoms with van der Waals surface area (Å²) < 4.78 is 31.7. The van der Waals surface area contributed by atoms with Gasteiger partial charge in [0, 0.05) is 17.7 Å². The van der Waals surface area contributed by atoms with E-state index in [1.807, 2.05) is 31.2 Å². The zero-order valence-electron chi connectivity index (χ0n) is 15.1. The van der Waals surface area contributed by atoms with Crippen LogP contribution in [0.2, 0.25) is 0 Å². The standard InChI is InChI=1S/C20H18F2N4O2/c1-13-2-4-14(5-3-13)17-8-9-19(26-25-17)28-11-10-23-20(27)24-18-7-6-15(21)12-16(18)22/h2-9,12H,10-11H2,1H3,(H2,23,24,27). The molecule has 0 aliphatic carbocycles. The van der Waals surface area contributed by atoms with Crippen molar-refractivity contribution in [3.63, 3.8) is 0 Å². The fraction of sp³-hybridized carbons (Fsp3) is 0.150. The number of halogens is 2. The average molecular weight is 384 g/mol. The maximum Gasteiger partial charge on any atom is 0.319 e. The van der Waals surface area contributed by atoms with Crippen LogP contribution in [0.5, 0.6) is 5.88 Å². The number of anilines is 1. The summed E-state index contributed by atoms with van der Waals surface area (Å²) in [4.78, 5) is 11.7. The van der Waals surface area contributed by atoms with Crippen molar-refractivity contribution in [3.05, 3.63) is 71.8 Å². The molecular weight excluding hydrogens is 366 g/mol. The van der Waals surface area contributed by atoms with E-state index in [2.05, 4.69) is 20.8 Å². The first-order chi connectivity index (χ1) is 13.5. The molecule has 2 amide bonds. The largest absolute Gasteiger partial charge is 0.475 e. The predicted octanol–water partition coefficient (Wildman–Crippen LogP) is 3.93. The monoisotopic (exact) mass is 384 g/mol. The van der Waals surface area contributed by atoms with Crippen molar-refractivity contribution in [2.45, 2.75) is 6.92 Å². The first kappa shape index (κ1) is 19.2. The van der Waals surface area contributed by atoms with Gasteiger partial charge in [-0.25, -0.2) is 13.6 Å². The van der Waals surface area contributed by atoms with E-state index >= 15 is 0 Å². The number of benzene rings is 2. The summed E-state index contributed by atoms with van der Waals surface area (Å²) >= 11 is 0. The minimum Gasteiger partial charge on any atom is -0.475 e. The van der Waals surface area contributed by atoms with Gasteiger partial charge in [-0.2, -0.15) is 0 Å². The number of carbonyl (C=O) groups excluding carboxylic acids is 1. The van der Waals surface area contributed by atoms with Gasteiger partial charge < -0.3 is 15.4 Å². The van der Waals surface area contributed by atoms with Crippen LogP contribution < -0.4 is 15.4 Å². The number of nitrogens with one attached hydrogen (secondary N) is 2. The molecule has 0 atom stereocenters. The van der Waals surface area contributed by atoms with Gasteiger partial charge in [-0.1, -0.05) is 29.8 Å². The van der Waals surface area contributed by atoms with Crippen molar-refractivity contribution in [2.75, 3.05) is 18.5 Å². The van der Waals surface area contributed by atoms with Crippen molar-refractivity contribution in [1.82, 2.24) is 15.5 Å². The number of hydrogen-bond donors (Lipinski definition) is 2. The summed E-state index contributed by atoms with van der Waals surface area (Å²) in [5.41, 5.74) is 2.73. The lowest BCUT2D eigenvalue weighted by atomic mass is 10.1. The molecule has 2 aromatic carbocycles. The summed E-state index contributed by atoms with van der Waals surface area (Å²) in [5, 5.41) is 12.9. The molecule has 0 radical (unpaired) electrons. The van der Waals surface area contributed by atoms with Crippen LogP contribution in [0.15, 0.2) is 54.6 Å². The van der Waals surface area contributed by atoms with Crippen LogP contribution in [0.1, 0.15) is 5.56 Å². The third kappa shape index (κ3) is 5.23.